The molecule has 2 heterocycles. The summed E-state index contributed by atoms with van der Waals surface area (Å²) in [5.41, 5.74) is 2.94. The number of anilines is 1. The van der Waals surface area contributed by atoms with Gasteiger partial charge < -0.3 is 15.0 Å². The van der Waals surface area contributed by atoms with Crippen LogP contribution in [0.1, 0.15) is 30.4 Å². The molecule has 1 fully saturated rings. The molecule has 0 radical (unpaired) electrons. The monoisotopic (exact) mass is 438 g/mol. The van der Waals surface area contributed by atoms with Gasteiger partial charge in [0, 0.05) is 6.54 Å². The number of carbonyl (C=O) groups excluding carboxylic acids is 2. The smallest absolute Gasteiger partial charge is 0.265 e. The predicted octanol–water partition coefficient (Wildman–Crippen LogP) is 4.31. The Bertz CT molecular complexity index is 1000. The lowest BCUT2D eigenvalue weighted by Crippen LogP contribution is -2.39. The number of fused-ring (bicyclic) bond motifs is 1. The van der Waals surface area contributed by atoms with Crippen LogP contribution in [0.25, 0.3) is 6.08 Å². The fourth-order valence-corrected chi connectivity index (χ4v) is 4.59. The maximum Gasteiger partial charge on any atom is 0.265 e. The molecule has 2 aliphatic rings. The Morgan fingerprint density at radius 1 is 1.10 bits per heavy atom. The lowest BCUT2D eigenvalue weighted by atomic mass is 10.1. The van der Waals surface area contributed by atoms with E-state index in [2.05, 4.69) is 29.6 Å². The Kier molecular flexibility index (Phi) is 6.50. The minimum atomic E-state index is -0.190. The number of nitrogens with one attached hydrogen (secondary N) is 1. The van der Waals surface area contributed by atoms with Crippen molar-refractivity contribution in [3.8, 4) is 5.75 Å². The first-order chi connectivity index (χ1) is 14.6. The first-order valence-electron chi connectivity index (χ1n) is 9.96. The molecular weight excluding hydrogens is 416 g/mol. The average molecular weight is 439 g/mol. The number of thiocarbonyl (C=S) groups is 1. The maximum absolute atomic E-state index is 12.5. The van der Waals surface area contributed by atoms with E-state index in [1.54, 1.807) is 11.0 Å². The summed E-state index contributed by atoms with van der Waals surface area (Å²) in [5.74, 6) is 0.468. The summed E-state index contributed by atoms with van der Waals surface area (Å²) >= 11 is 6.28. The van der Waals surface area contributed by atoms with Crippen LogP contribution in [0, 0.1) is 0 Å². The summed E-state index contributed by atoms with van der Waals surface area (Å²) in [5, 5.41) is 2.61. The molecule has 5 nitrogen and oxygen atoms in total. The second-order valence-corrected chi connectivity index (χ2v) is 8.93. The molecule has 0 saturated carbocycles. The normalized spacial score (nSPS) is 17.1. The quantitative estimate of drug-likeness (QED) is 0.397. The van der Waals surface area contributed by atoms with Crippen LogP contribution in [-0.4, -0.2) is 29.3 Å². The van der Waals surface area contributed by atoms with E-state index in [9.17, 15) is 9.59 Å². The Hall–Kier alpha value is -2.64. The van der Waals surface area contributed by atoms with Crippen molar-refractivity contribution in [2.75, 3.05) is 18.1 Å². The van der Waals surface area contributed by atoms with E-state index < -0.39 is 0 Å². The van der Waals surface area contributed by atoms with Gasteiger partial charge in [0.2, 0.25) is 0 Å². The van der Waals surface area contributed by atoms with E-state index >= 15 is 0 Å². The van der Waals surface area contributed by atoms with Crippen LogP contribution in [0.15, 0.2) is 53.4 Å². The first kappa shape index (κ1) is 20.6. The van der Waals surface area contributed by atoms with Crippen LogP contribution in [0.5, 0.6) is 5.75 Å². The van der Waals surface area contributed by atoms with E-state index in [0.717, 1.165) is 36.9 Å². The molecule has 0 aliphatic carbocycles. The van der Waals surface area contributed by atoms with Gasteiger partial charge in [-0.1, -0.05) is 66.8 Å². The van der Waals surface area contributed by atoms with Gasteiger partial charge in [-0.3, -0.25) is 9.59 Å². The molecule has 1 N–H and O–H groups in total. The minimum Gasteiger partial charge on any atom is -0.482 e. The van der Waals surface area contributed by atoms with E-state index in [1.165, 1.54) is 17.3 Å². The number of benzene rings is 2. The zero-order valence-electron chi connectivity index (χ0n) is 16.4. The zero-order valence-corrected chi connectivity index (χ0v) is 18.1. The highest BCUT2D eigenvalue weighted by atomic mass is 32.2. The molecule has 30 heavy (non-hydrogen) atoms. The van der Waals surface area contributed by atoms with Gasteiger partial charge in [0.05, 0.1) is 10.6 Å². The molecule has 2 aromatic carbocycles. The van der Waals surface area contributed by atoms with Gasteiger partial charge >= 0.3 is 0 Å². The van der Waals surface area contributed by atoms with Crippen LogP contribution in [-0.2, 0) is 16.0 Å². The summed E-state index contributed by atoms with van der Waals surface area (Å²) in [4.78, 5) is 26.8. The molecule has 2 aromatic rings. The Balaban J connectivity index is 1.41. The predicted molar refractivity (Wildman–Crippen MR) is 125 cm³/mol. The van der Waals surface area contributed by atoms with E-state index in [1.807, 2.05) is 24.3 Å². The molecular formula is C23H22N2O3S2. The average Bonchev–Trinajstić information content (AvgIpc) is 3.06. The number of unbranched alkanes of at least 4 members (excludes halogenated alkanes) is 2. The third-order valence-corrected chi connectivity index (χ3v) is 6.22. The van der Waals surface area contributed by atoms with Gasteiger partial charge in [-0.15, -0.1) is 0 Å². The fraction of sp³-hybridized carbons (Fsp3) is 0.261. The van der Waals surface area contributed by atoms with Gasteiger partial charge in [-0.05, 0) is 48.6 Å². The number of hydrogen-bond acceptors (Lipinski definition) is 5. The highest BCUT2D eigenvalue weighted by Crippen LogP contribution is 2.35. The number of aryl methyl sites for hydroxylation is 1. The molecule has 2 aliphatic heterocycles. The number of hydrogen-bond donors (Lipinski definition) is 1. The van der Waals surface area contributed by atoms with E-state index in [0.29, 0.717) is 21.5 Å². The van der Waals surface area contributed by atoms with Crippen molar-refractivity contribution in [1.82, 2.24) is 5.32 Å². The Labute approximate surface area is 185 Å². The molecule has 154 valence electrons. The minimum absolute atomic E-state index is 0.0375. The number of ether oxygens (including phenoxy) is 1. The molecule has 0 spiro atoms. The van der Waals surface area contributed by atoms with Gasteiger partial charge in [0.15, 0.2) is 6.61 Å². The number of amides is 2. The van der Waals surface area contributed by atoms with Gasteiger partial charge in [0.25, 0.3) is 11.8 Å². The fourth-order valence-electron chi connectivity index (χ4n) is 3.55. The molecule has 0 atom stereocenters. The highest BCUT2D eigenvalue weighted by Gasteiger charge is 2.26. The largest absolute Gasteiger partial charge is 0.482 e. The lowest BCUT2D eigenvalue weighted by molar-refractivity contribution is -0.121. The van der Waals surface area contributed by atoms with Crippen LogP contribution in [0.2, 0.25) is 0 Å². The standard InChI is InChI=1S/C23H22N2O3S2/c26-21-15-28-19-11-10-17(14-20-22(27)24-23(29)30-20)13-18(19)25(21)12-6-2-5-9-16-7-3-1-4-8-16/h1,3-4,7-8,10-11,13-14H,2,5-6,9,12,15H2,(H,24,27,29). The summed E-state index contributed by atoms with van der Waals surface area (Å²) in [6, 6.07) is 16.1. The summed E-state index contributed by atoms with van der Waals surface area (Å²) in [6.07, 6.45) is 5.90. The molecule has 0 bridgehead atoms. The van der Waals surface area contributed by atoms with E-state index in [-0.39, 0.29) is 18.4 Å². The van der Waals surface area contributed by atoms with Crippen LogP contribution in [0.4, 0.5) is 5.69 Å². The van der Waals surface area contributed by atoms with Crippen molar-refractivity contribution in [2.45, 2.75) is 25.7 Å². The van der Waals surface area contributed by atoms with Crippen molar-refractivity contribution in [2.24, 2.45) is 0 Å². The molecule has 0 aromatic heterocycles. The third kappa shape index (κ3) is 4.91. The van der Waals surface area contributed by atoms with Crippen LogP contribution >= 0.6 is 24.0 Å². The summed E-state index contributed by atoms with van der Waals surface area (Å²) in [7, 11) is 0. The van der Waals surface area contributed by atoms with Gasteiger partial charge in [-0.25, -0.2) is 0 Å². The molecule has 7 heteroatoms. The van der Waals surface area contributed by atoms with Crippen molar-refractivity contribution in [1.29, 1.82) is 0 Å². The zero-order chi connectivity index (χ0) is 20.9. The van der Waals surface area contributed by atoms with Crippen molar-refractivity contribution < 1.29 is 14.3 Å². The van der Waals surface area contributed by atoms with Gasteiger partial charge in [-0.2, -0.15) is 0 Å². The summed E-state index contributed by atoms with van der Waals surface area (Å²) < 4.78 is 6.06. The van der Waals surface area contributed by atoms with E-state index in [4.69, 9.17) is 17.0 Å². The number of nitrogens with zero attached hydrogens (tertiary/aromatic N) is 1. The number of rotatable bonds is 7. The molecule has 0 unspecified atom stereocenters. The number of carbonyl (C=O) groups is 2. The first-order valence-corrected chi connectivity index (χ1v) is 11.2. The Morgan fingerprint density at radius 2 is 1.93 bits per heavy atom. The molecule has 2 amide bonds. The molecule has 4 rings (SSSR count). The van der Waals surface area contributed by atoms with Crippen molar-refractivity contribution in [3.05, 3.63) is 64.6 Å². The van der Waals surface area contributed by atoms with Crippen molar-refractivity contribution in [3.63, 3.8) is 0 Å². The second-order valence-electron chi connectivity index (χ2n) is 7.21. The lowest BCUT2D eigenvalue weighted by Gasteiger charge is -2.29. The maximum atomic E-state index is 12.5. The third-order valence-electron chi connectivity index (χ3n) is 5.06. The topological polar surface area (TPSA) is 58.6 Å². The summed E-state index contributed by atoms with van der Waals surface area (Å²) in [6.45, 7) is 0.716. The molecule has 1 saturated heterocycles. The van der Waals surface area contributed by atoms with Gasteiger partial charge in [0.1, 0.15) is 10.1 Å². The second kappa shape index (κ2) is 9.45. The highest BCUT2D eigenvalue weighted by molar-refractivity contribution is 8.26. The van der Waals surface area contributed by atoms with Crippen molar-refractivity contribution >= 4 is 51.9 Å². The SMILES string of the molecule is O=C1NC(=S)SC1=Cc1ccc2c(c1)N(CCCCCc1ccccc1)C(=O)CO2. The Morgan fingerprint density at radius 3 is 2.70 bits per heavy atom. The number of thioether (sulfide) groups is 1. The van der Waals surface area contributed by atoms with Crippen LogP contribution < -0.4 is 15.0 Å². The van der Waals surface area contributed by atoms with Crippen LogP contribution in [0.3, 0.4) is 0 Å².